The van der Waals surface area contributed by atoms with Crippen LogP contribution in [0.2, 0.25) is 0 Å². The smallest absolute Gasteiger partial charge is 0.282 e. The van der Waals surface area contributed by atoms with Gasteiger partial charge in [0.25, 0.3) is 5.91 Å². The molecule has 26 heavy (non-hydrogen) atoms. The summed E-state index contributed by atoms with van der Waals surface area (Å²) in [6.45, 7) is 5.10. The molecule has 1 aromatic heterocycles. The fourth-order valence-electron chi connectivity index (χ4n) is 2.27. The van der Waals surface area contributed by atoms with Crippen LogP contribution in [-0.2, 0) is 11.3 Å². The molecule has 2 amide bonds. The third-order valence-electron chi connectivity index (χ3n) is 3.87. The molecule has 0 aliphatic rings. The van der Waals surface area contributed by atoms with E-state index in [-0.39, 0.29) is 18.0 Å². The van der Waals surface area contributed by atoms with Crippen LogP contribution < -0.4 is 10.1 Å². The molecule has 0 atom stereocenters. The number of amides is 2. The van der Waals surface area contributed by atoms with Crippen molar-refractivity contribution in [2.75, 3.05) is 27.2 Å². The fraction of sp³-hybridized carbons (Fsp3) is 0.389. The first-order valence-electron chi connectivity index (χ1n) is 8.21. The number of carbonyl (C=O) groups is 2. The van der Waals surface area contributed by atoms with Crippen LogP contribution in [0.3, 0.4) is 0 Å². The molecule has 0 spiro atoms. The minimum absolute atomic E-state index is 0.0625. The summed E-state index contributed by atoms with van der Waals surface area (Å²) in [5.74, 6) is -1.43. The molecule has 0 saturated heterocycles. The number of halogens is 1. The Morgan fingerprint density at radius 3 is 2.62 bits per heavy atom. The Balaban J connectivity index is 2.25. The summed E-state index contributed by atoms with van der Waals surface area (Å²) in [7, 11) is 3.86. The first-order valence-corrected chi connectivity index (χ1v) is 9.03. The molecule has 0 aliphatic heterocycles. The predicted molar refractivity (Wildman–Crippen MR) is 99.6 cm³/mol. The molecule has 0 fully saturated rings. The van der Waals surface area contributed by atoms with Gasteiger partial charge in [0.1, 0.15) is 12.4 Å². The molecule has 0 aliphatic carbocycles. The Morgan fingerprint density at radius 2 is 1.96 bits per heavy atom. The van der Waals surface area contributed by atoms with Gasteiger partial charge in [0.05, 0.1) is 5.56 Å². The highest BCUT2D eigenvalue weighted by atomic mass is 32.1. The average Bonchev–Trinajstić information content (AvgIpc) is 2.82. The second-order valence-electron chi connectivity index (χ2n) is 6.16. The number of rotatable bonds is 6. The third-order valence-corrected chi connectivity index (χ3v) is 4.97. The third kappa shape index (κ3) is 5.09. The maximum atomic E-state index is 13.8. The number of hydrogen-bond acceptors (Lipinski definition) is 4. The summed E-state index contributed by atoms with van der Waals surface area (Å²) in [6, 6.07) is 5.72. The van der Waals surface area contributed by atoms with Crippen LogP contribution in [-0.4, -0.2) is 48.5 Å². The normalized spacial score (nSPS) is 11.8. The van der Waals surface area contributed by atoms with Crippen LogP contribution in [0.1, 0.15) is 20.9 Å². The number of nitrogens with one attached hydrogen (secondary N) is 1. The predicted octanol–water partition coefficient (Wildman–Crippen LogP) is 1.72. The van der Waals surface area contributed by atoms with E-state index in [4.69, 9.17) is 0 Å². The summed E-state index contributed by atoms with van der Waals surface area (Å²) in [4.78, 5) is 31.9. The molecule has 0 unspecified atom stereocenters. The largest absolute Gasteiger partial charge is 0.353 e. The topological polar surface area (TPSA) is 66.7 Å². The minimum atomic E-state index is -0.661. The van der Waals surface area contributed by atoms with Gasteiger partial charge >= 0.3 is 0 Å². The van der Waals surface area contributed by atoms with Gasteiger partial charge in [-0.1, -0.05) is 12.1 Å². The quantitative estimate of drug-likeness (QED) is 0.832. The van der Waals surface area contributed by atoms with Crippen molar-refractivity contribution < 1.29 is 14.0 Å². The lowest BCUT2D eigenvalue weighted by atomic mass is 10.2. The van der Waals surface area contributed by atoms with E-state index in [1.807, 2.05) is 32.8 Å². The molecular weight excluding hydrogens is 355 g/mol. The second-order valence-corrected chi connectivity index (χ2v) is 7.34. The molecule has 1 aromatic carbocycles. The minimum Gasteiger partial charge on any atom is -0.353 e. The first-order chi connectivity index (χ1) is 12.3. The highest BCUT2D eigenvalue weighted by Crippen LogP contribution is 2.11. The zero-order valence-electron chi connectivity index (χ0n) is 15.4. The van der Waals surface area contributed by atoms with Gasteiger partial charge in [-0.15, -0.1) is 11.3 Å². The fourth-order valence-corrected chi connectivity index (χ4v) is 3.24. The molecule has 6 nitrogen and oxygen atoms in total. The van der Waals surface area contributed by atoms with E-state index >= 15 is 0 Å². The van der Waals surface area contributed by atoms with Crippen LogP contribution >= 0.6 is 11.3 Å². The second kappa shape index (κ2) is 8.86. The van der Waals surface area contributed by atoms with Gasteiger partial charge in [-0.3, -0.25) is 9.59 Å². The van der Waals surface area contributed by atoms with E-state index in [9.17, 15) is 14.0 Å². The van der Waals surface area contributed by atoms with Crippen molar-refractivity contribution in [3.63, 3.8) is 0 Å². The lowest BCUT2D eigenvalue weighted by molar-refractivity contribution is -0.121. The zero-order chi connectivity index (χ0) is 19.3. The van der Waals surface area contributed by atoms with Gasteiger partial charge in [-0.05, 0) is 40.1 Å². The number of carbonyl (C=O) groups excluding carboxylic acids is 2. The van der Waals surface area contributed by atoms with E-state index in [2.05, 4.69) is 10.3 Å². The van der Waals surface area contributed by atoms with Gasteiger partial charge in [-0.25, -0.2) is 4.39 Å². The van der Waals surface area contributed by atoms with Crippen molar-refractivity contribution in [1.29, 1.82) is 0 Å². The Kier molecular flexibility index (Phi) is 6.82. The van der Waals surface area contributed by atoms with Crippen molar-refractivity contribution in [2.24, 2.45) is 4.99 Å². The van der Waals surface area contributed by atoms with E-state index in [0.717, 1.165) is 17.1 Å². The maximum absolute atomic E-state index is 13.8. The first kappa shape index (κ1) is 20.0. The molecule has 2 rings (SSSR count). The number of hydrogen-bond donors (Lipinski definition) is 1. The van der Waals surface area contributed by atoms with Crippen LogP contribution in [0.5, 0.6) is 0 Å². The number of likely N-dealkylation sites (N-methyl/N-ethyl adjacent to an activating group) is 1. The average molecular weight is 378 g/mol. The Morgan fingerprint density at radius 1 is 1.27 bits per heavy atom. The standard InChI is InChI=1S/C18H23FN4O2S/c1-12-13(2)26-18(21-17(25)14-7-5-6-8-15(14)19)23(12)11-16(24)20-9-10-22(3)4/h5-8H,9-11H2,1-4H3,(H,20,24). The molecule has 140 valence electrons. The van der Waals surface area contributed by atoms with E-state index in [1.54, 1.807) is 10.6 Å². The SMILES string of the molecule is Cc1sc(=NC(=O)c2ccccc2F)n(CC(=O)NCCN(C)C)c1C. The van der Waals surface area contributed by atoms with Crippen molar-refractivity contribution in [2.45, 2.75) is 20.4 Å². The molecule has 8 heteroatoms. The van der Waals surface area contributed by atoms with Crippen molar-refractivity contribution in [3.8, 4) is 0 Å². The summed E-state index contributed by atoms with van der Waals surface area (Å²) in [5, 5.41) is 2.84. The van der Waals surface area contributed by atoms with Gasteiger partial charge in [0, 0.05) is 23.7 Å². The van der Waals surface area contributed by atoms with Gasteiger partial charge in [-0.2, -0.15) is 4.99 Å². The van der Waals surface area contributed by atoms with Crippen molar-refractivity contribution in [1.82, 2.24) is 14.8 Å². The van der Waals surface area contributed by atoms with Crippen molar-refractivity contribution >= 4 is 23.2 Å². The number of nitrogens with zero attached hydrogens (tertiary/aromatic N) is 3. The summed E-state index contributed by atoms with van der Waals surface area (Å²) in [5.41, 5.74) is 0.774. The molecule has 1 N–H and O–H groups in total. The monoisotopic (exact) mass is 378 g/mol. The van der Waals surface area contributed by atoms with Gasteiger partial charge in [0.2, 0.25) is 5.91 Å². The number of aryl methyl sites for hydroxylation is 1. The van der Waals surface area contributed by atoms with Gasteiger partial charge in [0.15, 0.2) is 4.80 Å². The van der Waals surface area contributed by atoms with E-state index in [1.165, 1.54) is 29.5 Å². The molecule has 2 aromatic rings. The lowest BCUT2D eigenvalue weighted by Gasteiger charge is -2.11. The molecule has 0 radical (unpaired) electrons. The van der Waals surface area contributed by atoms with Crippen LogP contribution in [0.15, 0.2) is 29.3 Å². The van der Waals surface area contributed by atoms with E-state index in [0.29, 0.717) is 11.3 Å². The molecule has 0 saturated carbocycles. The number of thiazole rings is 1. The summed E-state index contributed by atoms with van der Waals surface area (Å²) < 4.78 is 15.5. The number of aromatic nitrogens is 1. The van der Waals surface area contributed by atoms with Crippen molar-refractivity contribution in [3.05, 3.63) is 51.0 Å². The molecule has 1 heterocycles. The van der Waals surface area contributed by atoms with Crippen LogP contribution in [0, 0.1) is 19.7 Å². The summed E-state index contributed by atoms with van der Waals surface area (Å²) >= 11 is 1.31. The lowest BCUT2D eigenvalue weighted by Crippen LogP contribution is -2.35. The number of benzene rings is 1. The van der Waals surface area contributed by atoms with Crippen LogP contribution in [0.4, 0.5) is 4.39 Å². The Labute approximate surface area is 156 Å². The molecular formula is C18H23FN4O2S. The Bertz CT molecular complexity index is 870. The summed E-state index contributed by atoms with van der Waals surface area (Å²) in [6.07, 6.45) is 0. The van der Waals surface area contributed by atoms with Gasteiger partial charge < -0.3 is 14.8 Å². The highest BCUT2D eigenvalue weighted by molar-refractivity contribution is 7.09. The van der Waals surface area contributed by atoms with Crippen LogP contribution in [0.25, 0.3) is 0 Å². The Hall–Kier alpha value is -2.32. The van der Waals surface area contributed by atoms with E-state index < -0.39 is 11.7 Å². The highest BCUT2D eigenvalue weighted by Gasteiger charge is 2.14. The molecule has 0 bridgehead atoms. The zero-order valence-corrected chi connectivity index (χ0v) is 16.2. The maximum Gasteiger partial charge on any atom is 0.282 e.